The van der Waals surface area contributed by atoms with Gasteiger partial charge in [-0.15, -0.1) is 0 Å². The number of aryl methyl sites for hydroxylation is 2. The Morgan fingerprint density at radius 1 is 1.15 bits per heavy atom. The molecule has 2 aromatic rings. The van der Waals surface area contributed by atoms with Crippen LogP contribution in [-0.2, 0) is 14.8 Å². The number of halogens is 1. The Balaban J connectivity index is 2.21. The summed E-state index contributed by atoms with van der Waals surface area (Å²) in [5, 5.41) is 3.21. The van der Waals surface area contributed by atoms with Gasteiger partial charge in [0.15, 0.2) is 0 Å². The number of amides is 1. The minimum atomic E-state index is -3.81. The van der Waals surface area contributed by atoms with Gasteiger partial charge in [-0.1, -0.05) is 24.6 Å². The number of sulfonamides is 1. The predicted molar refractivity (Wildman–Crippen MR) is 107 cm³/mol. The van der Waals surface area contributed by atoms with Crippen molar-refractivity contribution in [2.45, 2.75) is 25.7 Å². The minimum Gasteiger partial charge on any atom is -0.496 e. The van der Waals surface area contributed by atoms with Gasteiger partial charge in [0.25, 0.3) is 0 Å². The summed E-state index contributed by atoms with van der Waals surface area (Å²) in [6.07, 6.45) is 0. The summed E-state index contributed by atoms with van der Waals surface area (Å²) in [5.41, 5.74) is 2.10. The normalized spacial score (nSPS) is 11.5. The SMILES string of the molecule is CCN(CC(=O)Nc1cc(Cl)ccc1C)S(=O)(=O)c1ccc(OC)c(C)c1. The lowest BCUT2D eigenvalue weighted by atomic mass is 10.2. The van der Waals surface area contributed by atoms with E-state index < -0.39 is 15.9 Å². The molecule has 0 spiro atoms. The lowest BCUT2D eigenvalue weighted by Crippen LogP contribution is -2.38. The number of anilines is 1. The van der Waals surface area contributed by atoms with Crippen molar-refractivity contribution in [1.82, 2.24) is 4.31 Å². The average molecular weight is 411 g/mol. The Hall–Kier alpha value is -2.09. The van der Waals surface area contributed by atoms with Gasteiger partial charge in [0, 0.05) is 17.3 Å². The van der Waals surface area contributed by atoms with E-state index in [1.54, 1.807) is 38.1 Å². The summed E-state index contributed by atoms with van der Waals surface area (Å²) in [4.78, 5) is 12.5. The first-order valence-electron chi connectivity index (χ1n) is 8.39. The molecule has 1 amide bonds. The van der Waals surface area contributed by atoms with Gasteiger partial charge in [-0.05, 0) is 55.3 Å². The number of hydrogen-bond donors (Lipinski definition) is 1. The van der Waals surface area contributed by atoms with Gasteiger partial charge < -0.3 is 10.1 Å². The van der Waals surface area contributed by atoms with Crippen molar-refractivity contribution in [3.05, 3.63) is 52.5 Å². The summed E-state index contributed by atoms with van der Waals surface area (Å²) >= 11 is 5.96. The maximum absolute atomic E-state index is 12.9. The molecule has 0 aromatic heterocycles. The van der Waals surface area contributed by atoms with Gasteiger partial charge in [0.05, 0.1) is 18.6 Å². The van der Waals surface area contributed by atoms with Gasteiger partial charge in [-0.25, -0.2) is 8.42 Å². The van der Waals surface area contributed by atoms with E-state index in [1.165, 1.54) is 19.2 Å². The van der Waals surface area contributed by atoms with Crippen LogP contribution >= 0.6 is 11.6 Å². The standard InChI is InChI=1S/C19H23ClN2O4S/c1-5-22(12-19(23)21-17-11-15(20)7-6-13(17)2)27(24,25)16-8-9-18(26-4)14(3)10-16/h6-11H,5,12H2,1-4H3,(H,21,23). The van der Waals surface area contributed by atoms with E-state index in [0.29, 0.717) is 22.0 Å². The largest absolute Gasteiger partial charge is 0.496 e. The molecular weight excluding hydrogens is 388 g/mol. The van der Waals surface area contributed by atoms with Crippen LogP contribution in [0.2, 0.25) is 5.02 Å². The molecule has 2 rings (SSSR count). The molecule has 2 aromatic carbocycles. The lowest BCUT2D eigenvalue weighted by molar-refractivity contribution is -0.116. The van der Waals surface area contributed by atoms with E-state index >= 15 is 0 Å². The first-order valence-corrected chi connectivity index (χ1v) is 10.2. The monoisotopic (exact) mass is 410 g/mol. The predicted octanol–water partition coefficient (Wildman–Crippen LogP) is 3.61. The third-order valence-corrected chi connectivity index (χ3v) is 6.30. The summed E-state index contributed by atoms with van der Waals surface area (Å²) in [5.74, 6) is 0.169. The number of nitrogens with one attached hydrogen (secondary N) is 1. The number of benzene rings is 2. The van der Waals surface area contributed by atoms with Crippen LogP contribution in [0.1, 0.15) is 18.1 Å². The summed E-state index contributed by atoms with van der Waals surface area (Å²) < 4.78 is 32.1. The Morgan fingerprint density at radius 3 is 2.44 bits per heavy atom. The molecule has 8 heteroatoms. The second-order valence-electron chi connectivity index (χ2n) is 6.07. The molecule has 1 N–H and O–H groups in total. The number of carbonyl (C=O) groups is 1. The molecule has 0 fully saturated rings. The zero-order valence-electron chi connectivity index (χ0n) is 15.7. The van der Waals surface area contributed by atoms with Crippen molar-refractivity contribution >= 4 is 33.2 Å². The van der Waals surface area contributed by atoms with Gasteiger partial charge >= 0.3 is 0 Å². The molecule has 0 bridgehead atoms. The van der Waals surface area contributed by atoms with Crippen LogP contribution in [-0.4, -0.2) is 38.8 Å². The van der Waals surface area contributed by atoms with Crippen LogP contribution in [0, 0.1) is 13.8 Å². The van der Waals surface area contributed by atoms with E-state index in [2.05, 4.69) is 5.32 Å². The number of hydrogen-bond acceptors (Lipinski definition) is 4. The molecule has 0 aliphatic heterocycles. The topological polar surface area (TPSA) is 75.7 Å². The van der Waals surface area contributed by atoms with Crippen molar-refractivity contribution < 1.29 is 17.9 Å². The first kappa shape index (κ1) is 21.2. The molecule has 0 heterocycles. The third-order valence-electron chi connectivity index (χ3n) is 4.15. The number of methoxy groups -OCH3 is 1. The number of likely N-dealkylation sites (N-methyl/N-ethyl adjacent to an activating group) is 1. The Bertz CT molecular complexity index is 945. The average Bonchev–Trinajstić information content (AvgIpc) is 2.62. The Labute approximate surface area is 165 Å². The molecule has 27 heavy (non-hydrogen) atoms. The highest BCUT2D eigenvalue weighted by Crippen LogP contribution is 2.24. The first-order chi connectivity index (χ1) is 12.7. The molecule has 0 aliphatic rings. The van der Waals surface area contributed by atoms with Crippen LogP contribution < -0.4 is 10.1 Å². The highest BCUT2D eigenvalue weighted by atomic mass is 35.5. The fourth-order valence-corrected chi connectivity index (χ4v) is 4.27. The van der Waals surface area contributed by atoms with E-state index in [-0.39, 0.29) is 18.0 Å². The van der Waals surface area contributed by atoms with Crippen molar-refractivity contribution in [2.24, 2.45) is 0 Å². The van der Waals surface area contributed by atoms with Gasteiger partial charge in [-0.3, -0.25) is 4.79 Å². The van der Waals surface area contributed by atoms with Crippen LogP contribution in [0.4, 0.5) is 5.69 Å². The van der Waals surface area contributed by atoms with E-state index in [0.717, 1.165) is 9.87 Å². The molecule has 0 unspecified atom stereocenters. The second-order valence-corrected chi connectivity index (χ2v) is 8.44. The molecule has 0 aliphatic carbocycles. The summed E-state index contributed by atoms with van der Waals surface area (Å²) in [6.45, 7) is 5.15. The number of ether oxygens (including phenoxy) is 1. The molecule has 0 saturated heterocycles. The van der Waals surface area contributed by atoms with E-state index in [1.807, 2.05) is 6.92 Å². The highest BCUT2D eigenvalue weighted by Gasteiger charge is 2.26. The number of rotatable bonds is 7. The van der Waals surface area contributed by atoms with Gasteiger partial charge in [0.2, 0.25) is 15.9 Å². The molecular formula is C19H23ClN2O4S. The lowest BCUT2D eigenvalue weighted by Gasteiger charge is -2.21. The zero-order chi connectivity index (χ0) is 20.2. The summed E-state index contributed by atoms with van der Waals surface area (Å²) in [7, 11) is -2.29. The molecule has 0 saturated carbocycles. The fraction of sp³-hybridized carbons (Fsp3) is 0.316. The molecule has 0 radical (unpaired) electrons. The van der Waals surface area contributed by atoms with Crippen molar-refractivity contribution in [2.75, 3.05) is 25.5 Å². The quantitative estimate of drug-likeness (QED) is 0.756. The van der Waals surface area contributed by atoms with E-state index in [4.69, 9.17) is 16.3 Å². The van der Waals surface area contributed by atoms with Gasteiger partial charge in [0.1, 0.15) is 5.75 Å². The highest BCUT2D eigenvalue weighted by molar-refractivity contribution is 7.89. The summed E-state index contributed by atoms with van der Waals surface area (Å²) in [6, 6.07) is 9.75. The van der Waals surface area contributed by atoms with Crippen LogP contribution in [0.5, 0.6) is 5.75 Å². The molecule has 6 nitrogen and oxygen atoms in total. The Morgan fingerprint density at radius 2 is 1.85 bits per heavy atom. The number of carbonyl (C=O) groups excluding carboxylic acids is 1. The van der Waals surface area contributed by atoms with Crippen LogP contribution in [0.3, 0.4) is 0 Å². The zero-order valence-corrected chi connectivity index (χ0v) is 17.3. The maximum atomic E-state index is 12.9. The molecule has 0 atom stereocenters. The minimum absolute atomic E-state index is 0.120. The van der Waals surface area contributed by atoms with Crippen molar-refractivity contribution in [3.63, 3.8) is 0 Å². The van der Waals surface area contributed by atoms with E-state index in [9.17, 15) is 13.2 Å². The fourth-order valence-electron chi connectivity index (χ4n) is 2.61. The second kappa shape index (κ2) is 8.73. The van der Waals surface area contributed by atoms with Crippen molar-refractivity contribution in [1.29, 1.82) is 0 Å². The molecule has 146 valence electrons. The van der Waals surface area contributed by atoms with Crippen LogP contribution in [0.15, 0.2) is 41.3 Å². The van der Waals surface area contributed by atoms with Gasteiger partial charge in [-0.2, -0.15) is 4.31 Å². The third kappa shape index (κ3) is 5.00. The smallest absolute Gasteiger partial charge is 0.243 e. The van der Waals surface area contributed by atoms with Crippen LogP contribution in [0.25, 0.3) is 0 Å². The number of nitrogens with zero attached hydrogens (tertiary/aromatic N) is 1. The maximum Gasteiger partial charge on any atom is 0.243 e. The van der Waals surface area contributed by atoms with Crippen molar-refractivity contribution in [3.8, 4) is 5.75 Å². The Kier molecular flexibility index (Phi) is 6.86.